The van der Waals surface area contributed by atoms with Gasteiger partial charge in [0, 0.05) is 53.7 Å². The molecule has 168 valence electrons. The first-order valence-corrected chi connectivity index (χ1v) is 10.0. The Bertz CT molecular complexity index is 532. The number of aliphatic hydroxyl groups is 2. The Morgan fingerprint density at radius 3 is 2.34 bits per heavy atom. The number of nitrogens with zero attached hydrogens (tertiary/aromatic N) is 2. The first kappa shape index (κ1) is 25.3. The summed E-state index contributed by atoms with van der Waals surface area (Å²) in [6, 6.07) is 0. The highest BCUT2D eigenvalue weighted by Crippen LogP contribution is 2.10. The SMILES string of the molecule is CO[C@H]1CN(C(C)=O)CCCN(C(=O)CNC(C)=O)CCCCOC[C@H](O)[C@@H]1O. The summed E-state index contributed by atoms with van der Waals surface area (Å²) < 4.78 is 10.7. The van der Waals surface area contributed by atoms with Gasteiger partial charge in [0.05, 0.1) is 13.2 Å². The number of methoxy groups -OCH3 is 1. The molecular weight excluding hydrogens is 382 g/mol. The van der Waals surface area contributed by atoms with E-state index in [9.17, 15) is 24.6 Å². The molecule has 3 atom stereocenters. The minimum Gasteiger partial charge on any atom is -0.388 e. The summed E-state index contributed by atoms with van der Waals surface area (Å²) in [7, 11) is 1.41. The van der Waals surface area contributed by atoms with Crippen molar-refractivity contribution in [3.8, 4) is 0 Å². The molecule has 10 heteroatoms. The summed E-state index contributed by atoms with van der Waals surface area (Å²) in [5, 5.41) is 23.0. The van der Waals surface area contributed by atoms with Crippen molar-refractivity contribution in [1.29, 1.82) is 0 Å². The molecule has 0 aromatic rings. The molecule has 0 aromatic heterocycles. The van der Waals surface area contributed by atoms with Crippen molar-refractivity contribution in [3.63, 3.8) is 0 Å². The lowest BCUT2D eigenvalue weighted by Crippen LogP contribution is -2.48. The van der Waals surface area contributed by atoms with Gasteiger partial charge in [-0.05, 0) is 19.3 Å². The zero-order chi connectivity index (χ0) is 21.8. The van der Waals surface area contributed by atoms with Crippen LogP contribution in [0.5, 0.6) is 0 Å². The first-order chi connectivity index (χ1) is 13.8. The predicted molar refractivity (Wildman–Crippen MR) is 105 cm³/mol. The van der Waals surface area contributed by atoms with Crippen molar-refractivity contribution in [2.24, 2.45) is 0 Å². The first-order valence-electron chi connectivity index (χ1n) is 10.0. The second-order valence-electron chi connectivity index (χ2n) is 7.22. The molecule has 0 aromatic carbocycles. The number of hydrogen-bond donors (Lipinski definition) is 3. The molecule has 0 spiro atoms. The molecule has 0 bridgehead atoms. The Hall–Kier alpha value is -1.75. The Balaban J connectivity index is 2.83. The minimum absolute atomic E-state index is 0.0493. The topological polar surface area (TPSA) is 129 Å². The fraction of sp³-hybridized carbons (Fsp3) is 0.842. The van der Waals surface area contributed by atoms with E-state index in [-0.39, 0.29) is 37.4 Å². The molecule has 0 aliphatic carbocycles. The summed E-state index contributed by atoms with van der Waals surface area (Å²) in [6.07, 6.45) is -1.17. The lowest BCUT2D eigenvalue weighted by Gasteiger charge is -2.31. The van der Waals surface area contributed by atoms with Crippen LogP contribution in [0.2, 0.25) is 0 Å². The molecular formula is C19H35N3O7. The molecule has 1 heterocycles. The van der Waals surface area contributed by atoms with Crippen molar-refractivity contribution in [1.82, 2.24) is 15.1 Å². The highest BCUT2D eigenvalue weighted by atomic mass is 16.5. The standard InChI is InChI=1S/C19H35N3O7/c1-14(23)20-11-18(26)21-7-4-5-10-29-13-16(25)19(27)17(28-3)12-22(15(2)24)9-6-8-21/h16-17,19,25,27H,4-13H2,1-3H3,(H,20,23)/t16-,17-,19-/m0/s1. The van der Waals surface area contributed by atoms with E-state index >= 15 is 0 Å². The van der Waals surface area contributed by atoms with Gasteiger partial charge in [-0.15, -0.1) is 0 Å². The van der Waals surface area contributed by atoms with Crippen molar-refractivity contribution in [3.05, 3.63) is 0 Å². The van der Waals surface area contributed by atoms with Gasteiger partial charge in [0.2, 0.25) is 17.7 Å². The third-order valence-corrected chi connectivity index (χ3v) is 4.88. The van der Waals surface area contributed by atoms with Gasteiger partial charge < -0.3 is 34.8 Å². The Kier molecular flexibility index (Phi) is 11.7. The van der Waals surface area contributed by atoms with E-state index in [2.05, 4.69) is 5.32 Å². The summed E-state index contributed by atoms with van der Waals surface area (Å²) in [5.74, 6) is -0.638. The van der Waals surface area contributed by atoms with Crippen LogP contribution < -0.4 is 5.32 Å². The van der Waals surface area contributed by atoms with Gasteiger partial charge in [0.15, 0.2) is 0 Å². The number of ether oxygens (including phenoxy) is 2. The number of rotatable bonds is 3. The Morgan fingerprint density at radius 2 is 1.72 bits per heavy atom. The monoisotopic (exact) mass is 417 g/mol. The van der Waals surface area contributed by atoms with Gasteiger partial charge in [0.1, 0.15) is 18.3 Å². The molecule has 1 fully saturated rings. The number of nitrogens with one attached hydrogen (secondary N) is 1. The summed E-state index contributed by atoms with van der Waals surface area (Å²) in [4.78, 5) is 38.7. The smallest absolute Gasteiger partial charge is 0.241 e. The Morgan fingerprint density at radius 1 is 1.07 bits per heavy atom. The lowest BCUT2D eigenvalue weighted by molar-refractivity contribution is -0.136. The van der Waals surface area contributed by atoms with Crippen LogP contribution in [-0.2, 0) is 23.9 Å². The Labute approximate surface area is 172 Å². The molecule has 29 heavy (non-hydrogen) atoms. The third kappa shape index (κ3) is 9.53. The van der Waals surface area contributed by atoms with Crippen LogP contribution in [-0.4, -0.2) is 109 Å². The van der Waals surface area contributed by atoms with Crippen LogP contribution in [0.1, 0.15) is 33.1 Å². The summed E-state index contributed by atoms with van der Waals surface area (Å²) in [6.45, 7) is 4.48. The highest BCUT2D eigenvalue weighted by molar-refractivity contribution is 5.83. The molecule has 0 radical (unpaired) electrons. The van der Waals surface area contributed by atoms with Crippen LogP contribution in [0, 0.1) is 0 Å². The fourth-order valence-corrected chi connectivity index (χ4v) is 3.10. The fourth-order valence-electron chi connectivity index (χ4n) is 3.10. The van der Waals surface area contributed by atoms with Gasteiger partial charge >= 0.3 is 0 Å². The molecule has 1 aliphatic heterocycles. The molecule has 1 rings (SSSR count). The van der Waals surface area contributed by atoms with E-state index in [4.69, 9.17) is 9.47 Å². The van der Waals surface area contributed by atoms with Gasteiger partial charge in [-0.3, -0.25) is 14.4 Å². The largest absolute Gasteiger partial charge is 0.388 e. The van der Waals surface area contributed by atoms with Crippen LogP contribution in [0.4, 0.5) is 0 Å². The lowest BCUT2D eigenvalue weighted by atomic mass is 10.1. The van der Waals surface area contributed by atoms with E-state index in [0.29, 0.717) is 45.5 Å². The molecule has 10 nitrogen and oxygen atoms in total. The highest BCUT2D eigenvalue weighted by Gasteiger charge is 2.29. The predicted octanol–water partition coefficient (Wildman–Crippen LogP) is -1.26. The minimum atomic E-state index is -1.19. The zero-order valence-electron chi connectivity index (χ0n) is 17.6. The van der Waals surface area contributed by atoms with E-state index < -0.39 is 18.3 Å². The van der Waals surface area contributed by atoms with E-state index in [0.717, 1.165) is 0 Å². The van der Waals surface area contributed by atoms with E-state index in [1.165, 1.54) is 25.9 Å². The van der Waals surface area contributed by atoms with Crippen LogP contribution in [0.25, 0.3) is 0 Å². The molecule has 3 amide bonds. The van der Waals surface area contributed by atoms with Gasteiger partial charge in [0.25, 0.3) is 0 Å². The van der Waals surface area contributed by atoms with Crippen molar-refractivity contribution in [2.45, 2.75) is 51.4 Å². The van der Waals surface area contributed by atoms with Crippen molar-refractivity contribution < 1.29 is 34.1 Å². The van der Waals surface area contributed by atoms with Crippen LogP contribution in [0.15, 0.2) is 0 Å². The molecule has 0 saturated carbocycles. The second-order valence-corrected chi connectivity index (χ2v) is 7.22. The molecule has 1 saturated heterocycles. The number of hydrogen-bond acceptors (Lipinski definition) is 7. The van der Waals surface area contributed by atoms with Crippen LogP contribution >= 0.6 is 0 Å². The average Bonchev–Trinajstić information content (AvgIpc) is 2.68. The number of carbonyl (C=O) groups excluding carboxylic acids is 3. The quantitative estimate of drug-likeness (QED) is 0.523. The number of aliphatic hydroxyl groups excluding tert-OH is 2. The maximum atomic E-state index is 12.4. The summed E-state index contributed by atoms with van der Waals surface area (Å²) in [5.41, 5.74) is 0. The molecule has 1 aliphatic rings. The van der Waals surface area contributed by atoms with Crippen molar-refractivity contribution >= 4 is 17.7 Å². The maximum absolute atomic E-state index is 12.4. The van der Waals surface area contributed by atoms with Crippen LogP contribution in [0.3, 0.4) is 0 Å². The van der Waals surface area contributed by atoms with E-state index in [1.54, 1.807) is 4.90 Å². The van der Waals surface area contributed by atoms with E-state index in [1.807, 2.05) is 0 Å². The average molecular weight is 418 g/mol. The normalized spacial score (nSPS) is 25.6. The number of amides is 3. The van der Waals surface area contributed by atoms with Gasteiger partial charge in [-0.1, -0.05) is 0 Å². The summed E-state index contributed by atoms with van der Waals surface area (Å²) >= 11 is 0. The zero-order valence-corrected chi connectivity index (χ0v) is 17.6. The third-order valence-electron chi connectivity index (χ3n) is 4.88. The molecule has 0 unspecified atom stereocenters. The van der Waals surface area contributed by atoms with Gasteiger partial charge in [-0.2, -0.15) is 0 Å². The maximum Gasteiger partial charge on any atom is 0.241 e. The van der Waals surface area contributed by atoms with Crippen molar-refractivity contribution in [2.75, 3.05) is 53.0 Å². The second kappa shape index (κ2) is 13.5. The molecule has 3 N–H and O–H groups in total. The van der Waals surface area contributed by atoms with Gasteiger partial charge in [-0.25, -0.2) is 0 Å². The number of carbonyl (C=O) groups is 3.